The van der Waals surface area contributed by atoms with Gasteiger partial charge in [0.1, 0.15) is 11.1 Å². The van der Waals surface area contributed by atoms with Crippen LogP contribution in [0.15, 0.2) is 33.5 Å². The van der Waals surface area contributed by atoms with Crippen molar-refractivity contribution in [1.82, 2.24) is 0 Å². The molecule has 4 nitrogen and oxygen atoms in total. The number of ketones is 1. The van der Waals surface area contributed by atoms with Crippen LogP contribution in [0.25, 0.3) is 11.0 Å². The molecule has 0 aliphatic rings. The lowest BCUT2D eigenvalue weighted by molar-refractivity contribution is 0.102. The Labute approximate surface area is 124 Å². The molecule has 0 radical (unpaired) electrons. The first-order valence-electron chi connectivity index (χ1n) is 6.42. The first-order chi connectivity index (χ1) is 9.65. The molecule has 2 rings (SSSR count). The van der Waals surface area contributed by atoms with Crippen molar-refractivity contribution in [2.45, 2.75) is 19.3 Å². The number of carbonyl (C=O) groups is 1. The third-order valence-corrected chi connectivity index (χ3v) is 3.61. The molecule has 0 spiro atoms. The van der Waals surface area contributed by atoms with E-state index in [-0.39, 0.29) is 23.3 Å². The normalized spacial score (nSPS) is 10.9. The summed E-state index contributed by atoms with van der Waals surface area (Å²) in [5.74, 6) is -0.285. The maximum atomic E-state index is 11.8. The number of hydrogen-bond acceptors (Lipinski definition) is 4. The molecule has 0 bridgehead atoms. The summed E-state index contributed by atoms with van der Waals surface area (Å²) in [5, 5.41) is 9.60. The molecule has 2 aromatic rings. The van der Waals surface area contributed by atoms with Gasteiger partial charge in [-0.3, -0.25) is 4.79 Å². The molecular weight excluding hydrogens is 324 g/mol. The van der Waals surface area contributed by atoms with E-state index in [9.17, 15) is 9.59 Å². The summed E-state index contributed by atoms with van der Waals surface area (Å²) in [6, 6.07) is 7.18. The fraction of sp³-hybridized carbons (Fsp3) is 0.333. The van der Waals surface area contributed by atoms with Crippen molar-refractivity contribution in [1.29, 1.82) is 0 Å². The fourth-order valence-corrected chi connectivity index (χ4v) is 2.32. The highest BCUT2D eigenvalue weighted by Gasteiger charge is 2.12. The molecule has 1 aromatic carbocycles. The molecule has 1 heterocycles. The van der Waals surface area contributed by atoms with E-state index in [4.69, 9.17) is 9.52 Å². The second kappa shape index (κ2) is 6.81. The van der Waals surface area contributed by atoms with Gasteiger partial charge in [0, 0.05) is 12.0 Å². The number of halogens is 1. The van der Waals surface area contributed by atoms with Crippen LogP contribution in [0.3, 0.4) is 0 Å². The van der Waals surface area contributed by atoms with Crippen molar-refractivity contribution in [3.05, 3.63) is 45.8 Å². The average molecular weight is 339 g/mol. The van der Waals surface area contributed by atoms with Crippen molar-refractivity contribution < 1.29 is 14.3 Å². The van der Waals surface area contributed by atoms with E-state index in [2.05, 4.69) is 15.9 Å². The number of aryl methyl sites for hydroxylation is 1. The van der Waals surface area contributed by atoms with E-state index < -0.39 is 5.63 Å². The van der Waals surface area contributed by atoms with Gasteiger partial charge in [0.05, 0.1) is 5.33 Å². The molecule has 0 saturated carbocycles. The maximum absolute atomic E-state index is 11.8. The molecule has 20 heavy (non-hydrogen) atoms. The summed E-state index contributed by atoms with van der Waals surface area (Å²) < 4.78 is 5.22. The van der Waals surface area contributed by atoms with Crippen LogP contribution in [-0.2, 0) is 6.42 Å². The Morgan fingerprint density at radius 2 is 2.05 bits per heavy atom. The highest BCUT2D eigenvalue weighted by atomic mass is 79.9. The Bertz CT molecular complexity index is 675. The number of aliphatic hydroxyl groups excluding tert-OH is 1. The monoisotopic (exact) mass is 338 g/mol. The molecule has 106 valence electrons. The van der Waals surface area contributed by atoms with Gasteiger partial charge in [0.2, 0.25) is 0 Å². The number of rotatable bonds is 6. The van der Waals surface area contributed by atoms with Crippen LogP contribution in [0.4, 0.5) is 0 Å². The minimum absolute atomic E-state index is 0.0717. The third-order valence-electron chi connectivity index (χ3n) is 3.10. The quantitative estimate of drug-likeness (QED) is 0.380. The van der Waals surface area contributed by atoms with Gasteiger partial charge in [0.25, 0.3) is 0 Å². The number of hydrogen-bond donors (Lipinski definition) is 1. The van der Waals surface area contributed by atoms with Gasteiger partial charge in [-0.15, -0.1) is 0 Å². The molecule has 0 fully saturated rings. The smallest absolute Gasteiger partial charge is 0.347 e. The summed E-state index contributed by atoms with van der Waals surface area (Å²) in [6.07, 6.45) is 2.45. The summed E-state index contributed by atoms with van der Waals surface area (Å²) in [7, 11) is 0. The first-order valence-corrected chi connectivity index (χ1v) is 7.54. The summed E-state index contributed by atoms with van der Waals surface area (Å²) in [6.45, 7) is 0.181. The van der Waals surface area contributed by atoms with Crippen LogP contribution in [0, 0.1) is 0 Å². The predicted molar refractivity (Wildman–Crippen MR) is 80.6 cm³/mol. The van der Waals surface area contributed by atoms with E-state index in [0.29, 0.717) is 5.58 Å². The summed E-state index contributed by atoms with van der Waals surface area (Å²) >= 11 is 3.05. The van der Waals surface area contributed by atoms with E-state index in [1.54, 1.807) is 6.07 Å². The fourth-order valence-electron chi connectivity index (χ4n) is 2.02. The zero-order chi connectivity index (χ0) is 14.5. The Balaban J connectivity index is 2.35. The van der Waals surface area contributed by atoms with E-state index in [1.807, 2.05) is 18.2 Å². The molecule has 0 aliphatic carbocycles. The van der Waals surface area contributed by atoms with Gasteiger partial charge in [-0.2, -0.15) is 0 Å². The lowest BCUT2D eigenvalue weighted by Crippen LogP contribution is -2.14. The Morgan fingerprint density at radius 1 is 1.25 bits per heavy atom. The summed E-state index contributed by atoms with van der Waals surface area (Å²) in [4.78, 5) is 23.4. The number of Topliss-reactive ketones (excluding diaryl/α,β-unsaturated/α-hetero) is 1. The molecule has 1 N–H and O–H groups in total. The molecule has 0 amide bonds. The van der Waals surface area contributed by atoms with Crippen LogP contribution in [0.5, 0.6) is 0 Å². The van der Waals surface area contributed by atoms with Crippen molar-refractivity contribution in [3.63, 3.8) is 0 Å². The minimum atomic E-state index is -0.602. The zero-order valence-electron chi connectivity index (χ0n) is 10.9. The number of unbranched alkanes of at least 4 members (excludes halogenated alkanes) is 1. The van der Waals surface area contributed by atoms with Crippen molar-refractivity contribution in [2.24, 2.45) is 0 Å². The van der Waals surface area contributed by atoms with Crippen LogP contribution in [0.2, 0.25) is 0 Å². The van der Waals surface area contributed by atoms with Gasteiger partial charge in [-0.05, 0) is 37.0 Å². The molecule has 0 atom stereocenters. The number of benzene rings is 1. The molecule has 0 aliphatic heterocycles. The topological polar surface area (TPSA) is 67.5 Å². The van der Waals surface area contributed by atoms with Gasteiger partial charge in [0.15, 0.2) is 5.78 Å². The molecule has 0 saturated heterocycles. The minimum Gasteiger partial charge on any atom is -0.422 e. The van der Waals surface area contributed by atoms with E-state index in [0.717, 1.165) is 30.2 Å². The van der Waals surface area contributed by atoms with Crippen molar-refractivity contribution >= 4 is 32.7 Å². The standard InChI is InChI=1S/C15H15BrO4/c16-9-13(18)12-8-11-5-4-10(3-1-2-6-17)7-14(11)20-15(12)19/h4-5,7-8,17H,1-3,6,9H2. The highest BCUT2D eigenvalue weighted by molar-refractivity contribution is 9.09. The Morgan fingerprint density at radius 3 is 2.75 bits per heavy atom. The molecule has 1 aromatic heterocycles. The second-order valence-corrected chi connectivity index (χ2v) is 5.12. The SMILES string of the molecule is O=C(CBr)c1cc2ccc(CCCCO)cc2oc1=O. The zero-order valence-corrected chi connectivity index (χ0v) is 12.5. The van der Waals surface area contributed by atoms with E-state index >= 15 is 0 Å². The molecule has 0 unspecified atom stereocenters. The first kappa shape index (κ1) is 14.9. The molecule has 5 heteroatoms. The van der Waals surface area contributed by atoms with Gasteiger partial charge >= 0.3 is 5.63 Å². The van der Waals surface area contributed by atoms with Crippen molar-refractivity contribution in [2.75, 3.05) is 11.9 Å². The van der Waals surface area contributed by atoms with Crippen LogP contribution in [-0.4, -0.2) is 22.8 Å². The van der Waals surface area contributed by atoms with Gasteiger partial charge in [-0.25, -0.2) is 4.79 Å². The maximum Gasteiger partial charge on any atom is 0.347 e. The number of aliphatic hydroxyl groups is 1. The lowest BCUT2D eigenvalue weighted by atomic mass is 10.1. The van der Waals surface area contributed by atoms with E-state index in [1.165, 1.54) is 0 Å². The third kappa shape index (κ3) is 3.35. The second-order valence-electron chi connectivity index (χ2n) is 4.56. The highest BCUT2D eigenvalue weighted by Crippen LogP contribution is 2.17. The van der Waals surface area contributed by atoms with Crippen molar-refractivity contribution in [3.8, 4) is 0 Å². The Hall–Kier alpha value is -1.46. The Kier molecular flexibility index (Phi) is 5.09. The molecular formula is C15H15BrO4. The van der Waals surface area contributed by atoms with Gasteiger partial charge < -0.3 is 9.52 Å². The number of fused-ring (bicyclic) bond motifs is 1. The van der Waals surface area contributed by atoms with Crippen LogP contribution in [0.1, 0.15) is 28.8 Å². The number of carbonyl (C=O) groups excluding carboxylic acids is 1. The lowest BCUT2D eigenvalue weighted by Gasteiger charge is -2.04. The largest absolute Gasteiger partial charge is 0.422 e. The average Bonchev–Trinajstić information content (AvgIpc) is 2.46. The summed E-state index contributed by atoms with van der Waals surface area (Å²) in [5.41, 5.74) is 1.01. The number of alkyl halides is 1. The van der Waals surface area contributed by atoms with Gasteiger partial charge in [-0.1, -0.05) is 28.1 Å². The van der Waals surface area contributed by atoms with Crippen LogP contribution < -0.4 is 5.63 Å². The predicted octanol–water partition coefficient (Wildman–Crippen LogP) is 2.69. The van der Waals surface area contributed by atoms with Crippen LogP contribution >= 0.6 is 15.9 Å².